The average molecular weight is 249 g/mol. The number of nitrogen functional groups attached to an aromatic ring is 4. The predicted octanol–water partition coefficient (Wildman–Crippen LogP) is 0.508. The Hall–Kier alpha value is -2.83. The van der Waals surface area contributed by atoms with Crippen molar-refractivity contribution in [1.29, 1.82) is 0 Å². The summed E-state index contributed by atoms with van der Waals surface area (Å²) in [6.45, 7) is 0. The standard InChI is InChI=1S/C6H7NO.C5H8N4O/c7-5-1-3-6(8)4-2-5;6-2-1-3(10)5(8)9-4(2)7/h1-4,8H,7H2;1,10H,6H2,(H4,7,8,9). The van der Waals surface area contributed by atoms with E-state index in [9.17, 15) is 0 Å². The lowest BCUT2D eigenvalue weighted by Gasteiger charge is -2.01. The van der Waals surface area contributed by atoms with Gasteiger partial charge in [-0.25, -0.2) is 4.98 Å². The fraction of sp³-hybridized carbons (Fsp3) is 0. The van der Waals surface area contributed by atoms with Crippen LogP contribution in [0.15, 0.2) is 30.3 Å². The number of phenols is 1. The van der Waals surface area contributed by atoms with Crippen LogP contribution >= 0.6 is 0 Å². The number of phenolic OH excluding ortho intramolecular Hbond substituents is 1. The highest BCUT2D eigenvalue weighted by atomic mass is 16.3. The molecule has 0 atom stereocenters. The Morgan fingerprint density at radius 1 is 0.833 bits per heavy atom. The number of hydrogen-bond acceptors (Lipinski definition) is 7. The highest BCUT2D eigenvalue weighted by molar-refractivity contribution is 5.65. The van der Waals surface area contributed by atoms with Gasteiger partial charge in [0.25, 0.3) is 0 Å². The Kier molecular flexibility index (Phi) is 4.03. The molecule has 0 fully saturated rings. The molecule has 2 aromatic rings. The van der Waals surface area contributed by atoms with Gasteiger partial charge >= 0.3 is 0 Å². The van der Waals surface area contributed by atoms with Gasteiger partial charge in [-0.3, -0.25) is 0 Å². The largest absolute Gasteiger partial charge is 0.508 e. The van der Waals surface area contributed by atoms with Gasteiger partial charge < -0.3 is 33.1 Å². The monoisotopic (exact) mass is 249 g/mol. The Bertz CT molecular complexity index is 456. The molecule has 1 heterocycles. The van der Waals surface area contributed by atoms with E-state index in [0.29, 0.717) is 5.69 Å². The summed E-state index contributed by atoms with van der Waals surface area (Å²) in [4.78, 5) is 3.55. The maximum absolute atomic E-state index is 8.90. The molecule has 0 spiro atoms. The van der Waals surface area contributed by atoms with E-state index in [0.717, 1.165) is 0 Å². The summed E-state index contributed by atoms with van der Waals surface area (Å²) in [5.74, 6) is 0.230. The number of pyridine rings is 1. The molecule has 7 nitrogen and oxygen atoms in total. The van der Waals surface area contributed by atoms with E-state index in [2.05, 4.69) is 4.98 Å². The van der Waals surface area contributed by atoms with Crippen molar-refractivity contribution in [1.82, 2.24) is 4.98 Å². The van der Waals surface area contributed by atoms with Gasteiger partial charge in [-0.15, -0.1) is 0 Å². The van der Waals surface area contributed by atoms with Crippen LogP contribution in [0.5, 0.6) is 11.5 Å². The summed E-state index contributed by atoms with van der Waals surface area (Å²) in [5.41, 5.74) is 22.0. The molecule has 96 valence electrons. The van der Waals surface area contributed by atoms with Crippen LogP contribution in [0.4, 0.5) is 23.0 Å². The fourth-order valence-corrected chi connectivity index (χ4v) is 1.02. The van der Waals surface area contributed by atoms with Crippen LogP contribution in [-0.4, -0.2) is 15.2 Å². The average Bonchev–Trinajstić information content (AvgIpc) is 2.31. The third-order valence-electron chi connectivity index (χ3n) is 1.98. The third-order valence-corrected chi connectivity index (χ3v) is 1.98. The number of anilines is 4. The number of benzene rings is 1. The van der Waals surface area contributed by atoms with Crippen molar-refractivity contribution in [3.63, 3.8) is 0 Å². The first-order valence-corrected chi connectivity index (χ1v) is 4.95. The predicted molar refractivity (Wildman–Crippen MR) is 71.7 cm³/mol. The number of nitrogens with zero attached hydrogens (tertiary/aromatic N) is 1. The lowest BCUT2D eigenvalue weighted by molar-refractivity contribution is 0.475. The van der Waals surface area contributed by atoms with Crippen LogP contribution < -0.4 is 22.9 Å². The van der Waals surface area contributed by atoms with E-state index >= 15 is 0 Å². The maximum Gasteiger partial charge on any atom is 0.168 e. The normalized spacial score (nSPS) is 9.33. The van der Waals surface area contributed by atoms with Crippen molar-refractivity contribution in [2.45, 2.75) is 0 Å². The van der Waals surface area contributed by atoms with Crippen LogP contribution in [0.25, 0.3) is 0 Å². The van der Waals surface area contributed by atoms with E-state index in [-0.39, 0.29) is 28.8 Å². The number of nitrogens with two attached hydrogens (primary N) is 4. The van der Waals surface area contributed by atoms with Crippen molar-refractivity contribution >= 4 is 23.0 Å². The molecule has 0 radical (unpaired) electrons. The summed E-state index contributed by atoms with van der Waals surface area (Å²) in [6.07, 6.45) is 0. The summed E-state index contributed by atoms with van der Waals surface area (Å²) in [7, 11) is 0. The summed E-state index contributed by atoms with van der Waals surface area (Å²) in [5, 5.41) is 17.6. The minimum absolute atomic E-state index is 0.00769. The van der Waals surface area contributed by atoms with Crippen LogP contribution in [-0.2, 0) is 0 Å². The van der Waals surface area contributed by atoms with Crippen molar-refractivity contribution in [3.05, 3.63) is 30.3 Å². The molecule has 0 saturated carbocycles. The molecule has 0 bridgehead atoms. The highest BCUT2D eigenvalue weighted by Gasteiger charge is 2.01. The molecule has 1 aromatic heterocycles. The molecule has 0 saturated heterocycles. The van der Waals surface area contributed by atoms with Gasteiger partial charge in [0.15, 0.2) is 11.6 Å². The minimum Gasteiger partial charge on any atom is -0.508 e. The number of hydrogen-bond donors (Lipinski definition) is 6. The van der Waals surface area contributed by atoms with Gasteiger partial charge in [0, 0.05) is 11.8 Å². The van der Waals surface area contributed by atoms with Crippen LogP contribution in [0.3, 0.4) is 0 Å². The topological polar surface area (TPSA) is 157 Å². The first-order valence-electron chi connectivity index (χ1n) is 4.95. The Morgan fingerprint density at radius 2 is 1.39 bits per heavy atom. The van der Waals surface area contributed by atoms with Crippen molar-refractivity contribution < 1.29 is 10.2 Å². The summed E-state index contributed by atoms with van der Waals surface area (Å²) in [6, 6.07) is 7.66. The first-order chi connectivity index (χ1) is 8.40. The molecule has 2 rings (SSSR count). The second-order valence-electron chi connectivity index (χ2n) is 3.46. The van der Waals surface area contributed by atoms with Gasteiger partial charge in [0.1, 0.15) is 11.6 Å². The van der Waals surface area contributed by atoms with Crippen molar-refractivity contribution in [3.8, 4) is 11.5 Å². The molecule has 0 aliphatic heterocycles. The Labute approximate surface area is 104 Å². The molecular formula is C11H15N5O2. The number of aromatic nitrogens is 1. The molecule has 18 heavy (non-hydrogen) atoms. The zero-order chi connectivity index (χ0) is 13.7. The quantitative estimate of drug-likeness (QED) is 0.293. The lowest BCUT2D eigenvalue weighted by Crippen LogP contribution is -2.00. The second kappa shape index (κ2) is 5.48. The zero-order valence-electron chi connectivity index (χ0n) is 9.54. The Balaban J connectivity index is 0.000000184. The smallest absolute Gasteiger partial charge is 0.168 e. The molecule has 1 aromatic carbocycles. The van der Waals surface area contributed by atoms with Gasteiger partial charge in [-0.05, 0) is 24.3 Å². The van der Waals surface area contributed by atoms with Gasteiger partial charge in [-0.2, -0.15) is 0 Å². The van der Waals surface area contributed by atoms with Crippen molar-refractivity contribution in [2.75, 3.05) is 22.9 Å². The molecular weight excluding hydrogens is 234 g/mol. The number of aromatic hydroxyl groups is 2. The van der Waals surface area contributed by atoms with Crippen molar-refractivity contribution in [2.24, 2.45) is 0 Å². The SMILES string of the molecule is Nc1cc(O)c(N)nc1N.Nc1ccc(O)cc1. The zero-order valence-corrected chi connectivity index (χ0v) is 9.54. The molecule has 0 unspecified atom stereocenters. The second-order valence-corrected chi connectivity index (χ2v) is 3.46. The summed E-state index contributed by atoms with van der Waals surface area (Å²) < 4.78 is 0. The van der Waals surface area contributed by atoms with Crippen LogP contribution in [0.2, 0.25) is 0 Å². The Morgan fingerprint density at radius 3 is 1.83 bits per heavy atom. The molecule has 0 amide bonds. The van der Waals surface area contributed by atoms with Gasteiger partial charge in [0.2, 0.25) is 0 Å². The van der Waals surface area contributed by atoms with E-state index in [1.807, 2.05) is 0 Å². The van der Waals surface area contributed by atoms with Gasteiger partial charge in [0.05, 0.1) is 5.69 Å². The maximum atomic E-state index is 8.90. The molecule has 7 heteroatoms. The first kappa shape index (κ1) is 13.2. The van der Waals surface area contributed by atoms with E-state index in [1.165, 1.54) is 6.07 Å². The molecule has 0 aliphatic carbocycles. The van der Waals surface area contributed by atoms with Crippen LogP contribution in [0, 0.1) is 0 Å². The third kappa shape index (κ3) is 3.63. The van der Waals surface area contributed by atoms with Crippen LogP contribution in [0.1, 0.15) is 0 Å². The van der Waals surface area contributed by atoms with Gasteiger partial charge in [-0.1, -0.05) is 0 Å². The minimum atomic E-state index is -0.147. The van der Waals surface area contributed by atoms with E-state index in [4.69, 9.17) is 33.1 Å². The summed E-state index contributed by atoms with van der Waals surface area (Å²) >= 11 is 0. The highest BCUT2D eigenvalue weighted by Crippen LogP contribution is 2.23. The van der Waals surface area contributed by atoms with E-state index < -0.39 is 0 Å². The lowest BCUT2D eigenvalue weighted by atomic mass is 10.3. The number of rotatable bonds is 0. The van der Waals surface area contributed by atoms with E-state index in [1.54, 1.807) is 24.3 Å². The fourth-order valence-electron chi connectivity index (χ4n) is 1.02. The molecule has 10 N–H and O–H groups in total. The molecule has 0 aliphatic rings.